The van der Waals surface area contributed by atoms with Crippen LogP contribution in [0.25, 0.3) is 0 Å². The number of hydrogen-bond acceptors (Lipinski definition) is 6. The van der Waals surface area contributed by atoms with Crippen LogP contribution in [-0.4, -0.2) is 87.6 Å². The number of halogens is 1. The van der Waals surface area contributed by atoms with Crippen molar-refractivity contribution in [2.24, 2.45) is 0 Å². The van der Waals surface area contributed by atoms with E-state index < -0.39 is 0 Å². The van der Waals surface area contributed by atoms with Gasteiger partial charge in [0, 0.05) is 61.8 Å². The summed E-state index contributed by atoms with van der Waals surface area (Å²) in [6.45, 7) is 16.1. The van der Waals surface area contributed by atoms with Gasteiger partial charge in [-0.3, -0.25) is 14.6 Å². The highest BCUT2D eigenvalue weighted by molar-refractivity contribution is 9.10. The first-order valence-electron chi connectivity index (χ1n) is 13.7. The third-order valence-electron chi connectivity index (χ3n) is 8.95. The summed E-state index contributed by atoms with van der Waals surface area (Å²) in [7, 11) is 0. The van der Waals surface area contributed by atoms with E-state index in [9.17, 15) is 4.79 Å². The molecule has 2 fully saturated rings. The second-order valence-electron chi connectivity index (χ2n) is 11.2. The number of carbonyl (C=O) groups excluding carboxylic acids is 1. The summed E-state index contributed by atoms with van der Waals surface area (Å²) >= 11 is 3.65. The molecule has 1 aromatic carbocycles. The largest absolute Gasteiger partial charge is 0.376 e. The maximum Gasteiger partial charge on any atom is 0.257 e. The van der Waals surface area contributed by atoms with Crippen LogP contribution in [0.1, 0.15) is 72.5 Å². The zero-order valence-corrected chi connectivity index (χ0v) is 24.4. The molecule has 3 aliphatic rings. The van der Waals surface area contributed by atoms with E-state index in [0.29, 0.717) is 17.6 Å². The Morgan fingerprint density at radius 3 is 2.49 bits per heavy atom. The van der Waals surface area contributed by atoms with Crippen LogP contribution in [0, 0.1) is 13.8 Å². The first kappa shape index (κ1) is 26.7. The topological polar surface area (TPSA) is 61.8 Å². The molecule has 0 unspecified atom stereocenters. The molecule has 0 N–H and O–H groups in total. The fraction of sp³-hybridized carbons (Fsp3) is 0.621. The molecule has 200 valence electrons. The number of amides is 1. The van der Waals surface area contributed by atoms with Gasteiger partial charge in [-0.1, -0.05) is 22.0 Å². The van der Waals surface area contributed by atoms with Crippen molar-refractivity contribution < 1.29 is 9.53 Å². The van der Waals surface area contributed by atoms with Gasteiger partial charge in [0.25, 0.3) is 5.91 Å². The maximum absolute atomic E-state index is 13.3. The number of piperazine rings is 1. The fourth-order valence-corrected chi connectivity index (χ4v) is 7.18. The van der Waals surface area contributed by atoms with E-state index in [1.165, 1.54) is 17.5 Å². The standard InChI is InChI=1S/C29H40BrN5O2/c1-6-37-25-16-22-15-23(30)7-8-24(22)27(25)35-14-13-34(17-19(35)2)29(5)9-11-33(12-10-29)28(36)26-20(3)31-18-32-21(26)4/h7-8,15,18-19,25,27H,6,9-14,16-17H2,1-5H3/t19-,25+,27+/m0/s1. The summed E-state index contributed by atoms with van der Waals surface area (Å²) in [6, 6.07) is 7.47. The summed E-state index contributed by atoms with van der Waals surface area (Å²) in [5.74, 6) is 0.0735. The van der Waals surface area contributed by atoms with Crippen molar-refractivity contribution >= 4 is 21.8 Å². The molecule has 0 radical (unpaired) electrons. The van der Waals surface area contributed by atoms with Crippen molar-refractivity contribution in [3.8, 4) is 0 Å². The molecule has 0 saturated carbocycles. The minimum Gasteiger partial charge on any atom is -0.376 e. The highest BCUT2D eigenvalue weighted by Crippen LogP contribution is 2.42. The Labute approximate surface area is 229 Å². The molecule has 8 heteroatoms. The molecular weight excluding hydrogens is 530 g/mol. The zero-order valence-electron chi connectivity index (χ0n) is 22.8. The summed E-state index contributed by atoms with van der Waals surface area (Å²) in [5, 5.41) is 0. The van der Waals surface area contributed by atoms with E-state index >= 15 is 0 Å². The number of ether oxygens (including phenoxy) is 1. The fourth-order valence-electron chi connectivity index (χ4n) is 6.77. The molecule has 1 aliphatic carbocycles. The van der Waals surface area contributed by atoms with E-state index in [4.69, 9.17) is 4.74 Å². The Bertz CT molecular complexity index is 1130. The number of fused-ring (bicyclic) bond motifs is 1. The lowest BCUT2D eigenvalue weighted by atomic mass is 9.86. The second-order valence-corrected chi connectivity index (χ2v) is 12.1. The first-order valence-corrected chi connectivity index (χ1v) is 14.5. The molecule has 1 amide bonds. The molecule has 0 bridgehead atoms. The van der Waals surface area contributed by atoms with E-state index in [1.807, 2.05) is 18.7 Å². The molecule has 3 heterocycles. The SMILES string of the molecule is CCO[C@@H]1Cc2cc(Br)ccc2[C@H]1N1CCN(C2(C)CCN(C(=O)c3c(C)ncnc3C)CC2)C[C@@H]1C. The van der Waals surface area contributed by atoms with Gasteiger partial charge < -0.3 is 9.64 Å². The number of rotatable bonds is 5. The molecule has 2 saturated heterocycles. The maximum atomic E-state index is 13.3. The van der Waals surface area contributed by atoms with Gasteiger partial charge in [0.15, 0.2) is 0 Å². The van der Waals surface area contributed by atoms with Crippen molar-refractivity contribution in [3.05, 3.63) is 57.1 Å². The number of benzene rings is 1. The molecule has 7 nitrogen and oxygen atoms in total. The van der Waals surface area contributed by atoms with Crippen LogP contribution in [0.5, 0.6) is 0 Å². The van der Waals surface area contributed by atoms with Gasteiger partial charge in [-0.15, -0.1) is 0 Å². The van der Waals surface area contributed by atoms with Crippen LogP contribution in [-0.2, 0) is 11.2 Å². The average Bonchev–Trinajstić information content (AvgIpc) is 3.21. The lowest BCUT2D eigenvalue weighted by Gasteiger charge is -2.53. The van der Waals surface area contributed by atoms with Crippen LogP contribution in [0.3, 0.4) is 0 Å². The second kappa shape index (κ2) is 10.7. The highest BCUT2D eigenvalue weighted by Gasteiger charge is 2.44. The Hall–Kier alpha value is -1.87. The molecule has 2 aromatic rings. The summed E-state index contributed by atoms with van der Waals surface area (Å²) in [5.41, 5.74) is 5.14. The van der Waals surface area contributed by atoms with Crippen molar-refractivity contribution in [1.29, 1.82) is 0 Å². The smallest absolute Gasteiger partial charge is 0.257 e. The number of nitrogens with zero attached hydrogens (tertiary/aromatic N) is 5. The van der Waals surface area contributed by atoms with Crippen LogP contribution in [0.2, 0.25) is 0 Å². The average molecular weight is 571 g/mol. The van der Waals surface area contributed by atoms with E-state index in [-0.39, 0.29) is 17.6 Å². The Morgan fingerprint density at radius 1 is 1.14 bits per heavy atom. The molecular formula is C29H40BrN5O2. The minimum atomic E-state index is 0.0735. The predicted molar refractivity (Wildman–Crippen MR) is 149 cm³/mol. The van der Waals surface area contributed by atoms with Gasteiger partial charge in [-0.05, 0) is 70.7 Å². The van der Waals surface area contributed by atoms with Crippen molar-refractivity contribution in [1.82, 2.24) is 24.7 Å². The third-order valence-corrected chi connectivity index (χ3v) is 9.44. The number of carbonyl (C=O) groups is 1. The molecule has 3 atom stereocenters. The number of hydrogen-bond donors (Lipinski definition) is 0. The molecule has 1 aromatic heterocycles. The van der Waals surface area contributed by atoms with Crippen molar-refractivity contribution in [2.45, 2.75) is 77.6 Å². The number of aromatic nitrogens is 2. The van der Waals surface area contributed by atoms with Crippen LogP contribution in [0.4, 0.5) is 0 Å². The predicted octanol–water partition coefficient (Wildman–Crippen LogP) is 4.56. The van der Waals surface area contributed by atoms with Crippen molar-refractivity contribution in [3.63, 3.8) is 0 Å². The van der Waals surface area contributed by atoms with Gasteiger partial charge in [-0.2, -0.15) is 0 Å². The lowest BCUT2D eigenvalue weighted by Crippen LogP contribution is -2.62. The van der Waals surface area contributed by atoms with Gasteiger partial charge in [0.05, 0.1) is 29.1 Å². The highest BCUT2D eigenvalue weighted by atomic mass is 79.9. The van der Waals surface area contributed by atoms with Crippen molar-refractivity contribution in [2.75, 3.05) is 39.3 Å². The monoisotopic (exact) mass is 569 g/mol. The van der Waals surface area contributed by atoms with Gasteiger partial charge in [0.1, 0.15) is 6.33 Å². The number of piperidine rings is 1. The summed E-state index contributed by atoms with van der Waals surface area (Å²) in [6.07, 6.45) is 4.70. The van der Waals surface area contributed by atoms with Gasteiger partial charge >= 0.3 is 0 Å². The molecule has 0 spiro atoms. The Balaban J connectivity index is 1.25. The van der Waals surface area contributed by atoms with E-state index in [2.05, 4.69) is 74.7 Å². The first-order chi connectivity index (χ1) is 17.7. The summed E-state index contributed by atoms with van der Waals surface area (Å²) < 4.78 is 7.41. The third kappa shape index (κ3) is 5.10. The van der Waals surface area contributed by atoms with Crippen LogP contribution >= 0.6 is 15.9 Å². The zero-order chi connectivity index (χ0) is 26.3. The van der Waals surface area contributed by atoms with Gasteiger partial charge in [-0.25, -0.2) is 9.97 Å². The number of aryl methyl sites for hydroxylation is 2. The molecule has 37 heavy (non-hydrogen) atoms. The van der Waals surface area contributed by atoms with E-state index in [0.717, 1.165) is 74.5 Å². The molecule has 2 aliphatic heterocycles. The molecule has 5 rings (SSSR count). The van der Waals surface area contributed by atoms with Crippen LogP contribution in [0.15, 0.2) is 29.0 Å². The quantitative estimate of drug-likeness (QED) is 0.526. The Kier molecular flexibility index (Phi) is 7.74. The minimum absolute atomic E-state index is 0.0735. The van der Waals surface area contributed by atoms with Gasteiger partial charge in [0.2, 0.25) is 0 Å². The lowest BCUT2D eigenvalue weighted by molar-refractivity contribution is -0.0630. The Morgan fingerprint density at radius 2 is 1.84 bits per heavy atom. The van der Waals surface area contributed by atoms with E-state index in [1.54, 1.807) is 0 Å². The normalized spacial score (nSPS) is 26.3. The van der Waals surface area contributed by atoms with Crippen LogP contribution < -0.4 is 0 Å². The number of likely N-dealkylation sites (tertiary alicyclic amines) is 1. The summed E-state index contributed by atoms with van der Waals surface area (Å²) in [4.78, 5) is 29.2.